The zero-order valence-electron chi connectivity index (χ0n) is 11.2. The molecule has 1 aromatic carbocycles. The summed E-state index contributed by atoms with van der Waals surface area (Å²) in [5, 5.41) is 7.27. The van der Waals surface area contributed by atoms with Gasteiger partial charge in [-0.1, -0.05) is 42.6 Å². The van der Waals surface area contributed by atoms with Crippen LogP contribution in [0.4, 0.5) is 17.5 Å². The lowest BCUT2D eigenvalue weighted by atomic mass is 10.3. The van der Waals surface area contributed by atoms with E-state index in [2.05, 4.69) is 27.5 Å². The van der Waals surface area contributed by atoms with Crippen molar-refractivity contribution < 1.29 is 0 Å². The Morgan fingerprint density at radius 3 is 2.85 bits per heavy atom. The Hall–Kier alpha value is -1.52. The van der Waals surface area contributed by atoms with Crippen molar-refractivity contribution in [2.45, 2.75) is 19.8 Å². The van der Waals surface area contributed by atoms with Crippen LogP contribution in [0.25, 0.3) is 0 Å². The van der Waals surface area contributed by atoms with Crippen LogP contribution in [0.2, 0.25) is 10.0 Å². The molecule has 2 N–H and O–H groups in total. The Morgan fingerprint density at radius 2 is 2.05 bits per heavy atom. The number of hydrogen-bond acceptors (Lipinski definition) is 4. The molecule has 20 heavy (non-hydrogen) atoms. The first kappa shape index (κ1) is 14.9. The molecule has 1 aromatic heterocycles. The molecule has 0 atom stereocenters. The normalized spacial score (nSPS) is 10.3. The van der Waals surface area contributed by atoms with Crippen molar-refractivity contribution in [3.63, 3.8) is 0 Å². The molecule has 0 bridgehead atoms. The van der Waals surface area contributed by atoms with E-state index in [0.717, 1.165) is 25.2 Å². The largest absolute Gasteiger partial charge is 0.370 e. The van der Waals surface area contributed by atoms with Gasteiger partial charge in [0.2, 0.25) is 5.95 Å². The van der Waals surface area contributed by atoms with Gasteiger partial charge in [-0.3, -0.25) is 0 Å². The molecule has 0 radical (unpaired) electrons. The summed E-state index contributed by atoms with van der Waals surface area (Å²) in [5.41, 5.74) is 0.685. The fourth-order valence-corrected chi connectivity index (χ4v) is 1.98. The third kappa shape index (κ3) is 3.99. The second kappa shape index (κ2) is 7.31. The van der Waals surface area contributed by atoms with Gasteiger partial charge >= 0.3 is 0 Å². The van der Waals surface area contributed by atoms with Gasteiger partial charge in [-0.2, -0.15) is 4.98 Å². The Labute approximate surface area is 128 Å². The molecule has 1 heterocycles. The minimum absolute atomic E-state index is 0.460. The third-order valence-electron chi connectivity index (χ3n) is 2.69. The average molecular weight is 311 g/mol. The molecule has 0 fully saturated rings. The lowest BCUT2D eigenvalue weighted by Crippen LogP contribution is -2.05. The van der Waals surface area contributed by atoms with Crippen molar-refractivity contribution >= 4 is 40.7 Å². The summed E-state index contributed by atoms with van der Waals surface area (Å²) in [6, 6.07) is 7.22. The van der Waals surface area contributed by atoms with E-state index in [1.165, 1.54) is 0 Å². The fraction of sp³-hybridized carbons (Fsp3) is 0.286. The number of rotatable bonds is 6. The van der Waals surface area contributed by atoms with Gasteiger partial charge in [0.05, 0.1) is 15.7 Å². The standard InChI is InChI=1S/C14H16Cl2N4/c1-2-3-8-17-12-7-9-18-14(20-12)19-11-6-4-5-10(15)13(11)16/h4-7,9H,2-3,8H2,1H3,(H2,17,18,19,20). The van der Waals surface area contributed by atoms with E-state index in [1.54, 1.807) is 12.3 Å². The van der Waals surface area contributed by atoms with Gasteiger partial charge in [-0.25, -0.2) is 4.98 Å². The predicted octanol–water partition coefficient (Wildman–Crippen LogP) is 4.74. The molecule has 0 aliphatic carbocycles. The minimum atomic E-state index is 0.460. The van der Waals surface area contributed by atoms with Crippen molar-refractivity contribution in [3.05, 3.63) is 40.5 Å². The first-order valence-corrected chi connectivity index (χ1v) is 7.24. The summed E-state index contributed by atoms with van der Waals surface area (Å²) in [4.78, 5) is 8.55. The van der Waals surface area contributed by atoms with E-state index < -0.39 is 0 Å². The number of anilines is 3. The van der Waals surface area contributed by atoms with Crippen LogP contribution in [0.1, 0.15) is 19.8 Å². The molecule has 0 amide bonds. The van der Waals surface area contributed by atoms with Gasteiger partial charge < -0.3 is 10.6 Å². The van der Waals surface area contributed by atoms with Gasteiger partial charge in [0.25, 0.3) is 0 Å². The molecular formula is C14H16Cl2N4. The molecule has 0 aliphatic rings. The van der Waals surface area contributed by atoms with Gasteiger partial charge in [-0.15, -0.1) is 0 Å². The molecule has 0 spiro atoms. The predicted molar refractivity (Wildman–Crippen MR) is 85.2 cm³/mol. The number of halogens is 2. The number of nitrogens with one attached hydrogen (secondary N) is 2. The van der Waals surface area contributed by atoms with Gasteiger partial charge in [0.1, 0.15) is 5.82 Å². The van der Waals surface area contributed by atoms with E-state index in [4.69, 9.17) is 23.2 Å². The number of aromatic nitrogens is 2. The van der Waals surface area contributed by atoms with Crippen LogP contribution in [0.3, 0.4) is 0 Å². The van der Waals surface area contributed by atoms with Crippen LogP contribution >= 0.6 is 23.2 Å². The van der Waals surface area contributed by atoms with Crippen LogP contribution in [0.15, 0.2) is 30.5 Å². The fourth-order valence-electron chi connectivity index (χ4n) is 1.63. The van der Waals surface area contributed by atoms with Crippen LogP contribution in [0, 0.1) is 0 Å². The first-order valence-electron chi connectivity index (χ1n) is 6.48. The minimum Gasteiger partial charge on any atom is -0.370 e. The Balaban J connectivity index is 2.09. The topological polar surface area (TPSA) is 49.8 Å². The molecule has 0 unspecified atom stereocenters. The highest BCUT2D eigenvalue weighted by Crippen LogP contribution is 2.30. The summed E-state index contributed by atoms with van der Waals surface area (Å²) in [5.74, 6) is 1.27. The summed E-state index contributed by atoms with van der Waals surface area (Å²) >= 11 is 12.1. The number of unbranched alkanes of at least 4 members (excludes halogenated alkanes) is 1. The quantitative estimate of drug-likeness (QED) is 0.757. The molecule has 0 saturated heterocycles. The van der Waals surface area contributed by atoms with Crippen molar-refractivity contribution in [2.75, 3.05) is 17.2 Å². The Kier molecular flexibility index (Phi) is 5.44. The Bertz CT molecular complexity index is 575. The smallest absolute Gasteiger partial charge is 0.229 e. The molecule has 6 heteroatoms. The summed E-state index contributed by atoms with van der Waals surface area (Å²) in [6.07, 6.45) is 3.94. The van der Waals surface area contributed by atoms with Crippen LogP contribution in [-0.4, -0.2) is 16.5 Å². The van der Waals surface area contributed by atoms with Crippen LogP contribution in [-0.2, 0) is 0 Å². The van der Waals surface area contributed by atoms with Crippen molar-refractivity contribution in [2.24, 2.45) is 0 Å². The molecule has 2 rings (SSSR count). The van der Waals surface area contributed by atoms with E-state index in [-0.39, 0.29) is 0 Å². The Morgan fingerprint density at radius 1 is 1.20 bits per heavy atom. The number of hydrogen-bond donors (Lipinski definition) is 2. The van der Waals surface area contributed by atoms with E-state index in [0.29, 0.717) is 21.7 Å². The zero-order valence-corrected chi connectivity index (χ0v) is 12.7. The first-order chi connectivity index (χ1) is 9.70. The maximum absolute atomic E-state index is 6.12. The second-order valence-corrected chi connectivity index (χ2v) is 5.06. The van der Waals surface area contributed by atoms with Gasteiger partial charge in [-0.05, 0) is 24.6 Å². The third-order valence-corrected chi connectivity index (χ3v) is 3.51. The van der Waals surface area contributed by atoms with Crippen LogP contribution in [0.5, 0.6) is 0 Å². The molecule has 4 nitrogen and oxygen atoms in total. The summed E-state index contributed by atoms with van der Waals surface area (Å²) in [6.45, 7) is 3.04. The van der Waals surface area contributed by atoms with Gasteiger partial charge in [0, 0.05) is 12.7 Å². The maximum Gasteiger partial charge on any atom is 0.229 e. The summed E-state index contributed by atoms with van der Waals surface area (Å²) < 4.78 is 0. The van der Waals surface area contributed by atoms with Crippen molar-refractivity contribution in [1.82, 2.24) is 9.97 Å². The maximum atomic E-state index is 6.12. The molecule has 0 saturated carbocycles. The van der Waals surface area contributed by atoms with Gasteiger partial charge in [0.15, 0.2) is 0 Å². The molecule has 106 valence electrons. The van der Waals surface area contributed by atoms with Crippen LogP contribution < -0.4 is 10.6 Å². The molecule has 2 aromatic rings. The second-order valence-electron chi connectivity index (χ2n) is 4.27. The van der Waals surface area contributed by atoms with E-state index >= 15 is 0 Å². The highest BCUT2D eigenvalue weighted by atomic mass is 35.5. The average Bonchev–Trinajstić information content (AvgIpc) is 2.45. The highest BCUT2D eigenvalue weighted by molar-refractivity contribution is 6.43. The van der Waals surface area contributed by atoms with E-state index in [9.17, 15) is 0 Å². The monoisotopic (exact) mass is 310 g/mol. The lowest BCUT2D eigenvalue weighted by molar-refractivity contribution is 0.830. The SMILES string of the molecule is CCCCNc1ccnc(Nc2cccc(Cl)c2Cl)n1. The lowest BCUT2D eigenvalue weighted by Gasteiger charge is -2.09. The zero-order chi connectivity index (χ0) is 14.4. The van der Waals surface area contributed by atoms with Crippen molar-refractivity contribution in [3.8, 4) is 0 Å². The molecule has 0 aliphatic heterocycles. The number of benzene rings is 1. The highest BCUT2D eigenvalue weighted by Gasteiger charge is 2.06. The molecular weight excluding hydrogens is 295 g/mol. The number of nitrogens with zero attached hydrogens (tertiary/aromatic N) is 2. The van der Waals surface area contributed by atoms with Crippen molar-refractivity contribution in [1.29, 1.82) is 0 Å². The van der Waals surface area contributed by atoms with E-state index in [1.807, 2.05) is 18.2 Å². The summed E-state index contributed by atoms with van der Waals surface area (Å²) in [7, 11) is 0.